The molecule has 0 bridgehead atoms. The SMILES string of the molecule is CCN(CC(C)C(=O)O)C1CCN(C)C1. The van der Waals surface area contributed by atoms with E-state index in [1.807, 2.05) is 0 Å². The smallest absolute Gasteiger partial charge is 0.307 e. The average Bonchev–Trinajstić information content (AvgIpc) is 2.60. The van der Waals surface area contributed by atoms with Crippen molar-refractivity contribution in [3.05, 3.63) is 0 Å². The molecule has 4 heteroatoms. The summed E-state index contributed by atoms with van der Waals surface area (Å²) in [7, 11) is 2.12. The van der Waals surface area contributed by atoms with Crippen molar-refractivity contribution in [3.63, 3.8) is 0 Å². The number of carboxylic acid groups (broad SMARTS) is 1. The third-order valence-electron chi connectivity index (χ3n) is 3.22. The van der Waals surface area contributed by atoms with Crippen LogP contribution in [0.3, 0.4) is 0 Å². The second-order valence-corrected chi connectivity index (χ2v) is 4.53. The fourth-order valence-corrected chi connectivity index (χ4v) is 2.18. The highest BCUT2D eigenvalue weighted by Gasteiger charge is 2.26. The van der Waals surface area contributed by atoms with Gasteiger partial charge in [-0.3, -0.25) is 9.69 Å². The molecule has 0 aromatic carbocycles. The Bertz CT molecular complexity index is 221. The summed E-state index contributed by atoms with van der Waals surface area (Å²) in [6, 6.07) is 0.543. The predicted molar refractivity (Wildman–Crippen MR) is 59.9 cm³/mol. The molecule has 2 unspecified atom stereocenters. The molecule has 1 rings (SSSR count). The van der Waals surface area contributed by atoms with Crippen molar-refractivity contribution in [2.24, 2.45) is 5.92 Å². The molecule has 88 valence electrons. The average molecular weight is 214 g/mol. The van der Waals surface area contributed by atoms with Gasteiger partial charge in [0.1, 0.15) is 0 Å². The van der Waals surface area contributed by atoms with Crippen molar-refractivity contribution >= 4 is 5.97 Å². The van der Waals surface area contributed by atoms with Crippen LogP contribution in [0.4, 0.5) is 0 Å². The molecule has 1 aliphatic heterocycles. The fourth-order valence-electron chi connectivity index (χ4n) is 2.18. The van der Waals surface area contributed by atoms with Crippen LogP contribution in [0, 0.1) is 5.92 Å². The van der Waals surface area contributed by atoms with Gasteiger partial charge in [0, 0.05) is 19.1 Å². The van der Waals surface area contributed by atoms with Gasteiger partial charge in [0.15, 0.2) is 0 Å². The second kappa shape index (κ2) is 5.47. The molecule has 0 amide bonds. The topological polar surface area (TPSA) is 43.8 Å². The van der Waals surface area contributed by atoms with Crippen LogP contribution < -0.4 is 0 Å². The third-order valence-corrected chi connectivity index (χ3v) is 3.22. The molecule has 0 spiro atoms. The first kappa shape index (κ1) is 12.5. The summed E-state index contributed by atoms with van der Waals surface area (Å²) in [5.74, 6) is -0.962. The van der Waals surface area contributed by atoms with E-state index in [4.69, 9.17) is 5.11 Å². The van der Waals surface area contributed by atoms with Crippen molar-refractivity contribution in [2.75, 3.05) is 33.2 Å². The number of carboxylic acids is 1. The normalized spacial score (nSPS) is 24.7. The third kappa shape index (κ3) is 3.47. The monoisotopic (exact) mass is 214 g/mol. The Balaban J connectivity index is 2.45. The Labute approximate surface area is 91.9 Å². The molecule has 1 N–H and O–H groups in total. The summed E-state index contributed by atoms with van der Waals surface area (Å²) in [6.45, 7) is 7.69. The molecule has 1 aliphatic rings. The zero-order valence-electron chi connectivity index (χ0n) is 9.94. The molecule has 0 aromatic rings. The van der Waals surface area contributed by atoms with Crippen molar-refractivity contribution in [3.8, 4) is 0 Å². The van der Waals surface area contributed by atoms with E-state index < -0.39 is 5.97 Å². The molecule has 0 aromatic heterocycles. The zero-order chi connectivity index (χ0) is 11.4. The van der Waals surface area contributed by atoms with E-state index in [0.29, 0.717) is 12.6 Å². The highest BCUT2D eigenvalue weighted by atomic mass is 16.4. The van der Waals surface area contributed by atoms with Crippen molar-refractivity contribution < 1.29 is 9.90 Å². The number of aliphatic carboxylic acids is 1. The van der Waals surface area contributed by atoms with Crippen LogP contribution in [0.25, 0.3) is 0 Å². The number of rotatable bonds is 5. The Morgan fingerprint density at radius 3 is 2.73 bits per heavy atom. The number of likely N-dealkylation sites (N-methyl/N-ethyl adjacent to an activating group) is 2. The van der Waals surface area contributed by atoms with Gasteiger partial charge in [-0.2, -0.15) is 0 Å². The maximum atomic E-state index is 10.8. The Kier molecular flexibility index (Phi) is 4.54. The molecule has 1 saturated heterocycles. The minimum Gasteiger partial charge on any atom is -0.481 e. The van der Waals surface area contributed by atoms with E-state index in [0.717, 1.165) is 26.1 Å². The van der Waals surface area contributed by atoms with Crippen LogP contribution in [0.1, 0.15) is 20.3 Å². The van der Waals surface area contributed by atoms with E-state index in [1.165, 1.54) is 0 Å². The first-order valence-corrected chi connectivity index (χ1v) is 5.70. The van der Waals surface area contributed by atoms with Gasteiger partial charge in [0.2, 0.25) is 0 Å². The van der Waals surface area contributed by atoms with Gasteiger partial charge in [0.05, 0.1) is 5.92 Å². The Hall–Kier alpha value is -0.610. The number of hydrogen-bond acceptors (Lipinski definition) is 3. The van der Waals surface area contributed by atoms with Crippen LogP contribution in [-0.2, 0) is 4.79 Å². The lowest BCUT2D eigenvalue weighted by Crippen LogP contribution is -2.41. The summed E-state index contributed by atoms with van der Waals surface area (Å²) in [4.78, 5) is 15.4. The maximum Gasteiger partial charge on any atom is 0.307 e. The number of hydrogen-bond donors (Lipinski definition) is 1. The molecular formula is C11H22N2O2. The van der Waals surface area contributed by atoms with Crippen molar-refractivity contribution in [1.29, 1.82) is 0 Å². The van der Waals surface area contributed by atoms with Crippen LogP contribution in [0.5, 0.6) is 0 Å². The first-order chi connectivity index (χ1) is 7.04. The lowest BCUT2D eigenvalue weighted by atomic mass is 10.1. The predicted octanol–water partition coefficient (Wildman–Crippen LogP) is 0.733. The summed E-state index contributed by atoms with van der Waals surface area (Å²) in [5.41, 5.74) is 0. The zero-order valence-corrected chi connectivity index (χ0v) is 9.94. The quantitative estimate of drug-likeness (QED) is 0.733. The second-order valence-electron chi connectivity index (χ2n) is 4.53. The fraction of sp³-hybridized carbons (Fsp3) is 0.909. The van der Waals surface area contributed by atoms with E-state index >= 15 is 0 Å². The largest absolute Gasteiger partial charge is 0.481 e. The van der Waals surface area contributed by atoms with Crippen LogP contribution in [0.2, 0.25) is 0 Å². The lowest BCUT2D eigenvalue weighted by molar-refractivity contribution is -0.141. The maximum absolute atomic E-state index is 10.8. The van der Waals surface area contributed by atoms with Gasteiger partial charge in [-0.25, -0.2) is 0 Å². The molecule has 4 nitrogen and oxygen atoms in total. The molecular weight excluding hydrogens is 192 g/mol. The number of likely N-dealkylation sites (tertiary alicyclic amines) is 1. The number of carbonyl (C=O) groups is 1. The van der Waals surface area contributed by atoms with E-state index in [-0.39, 0.29) is 5.92 Å². The molecule has 0 aliphatic carbocycles. The molecule has 1 heterocycles. The van der Waals surface area contributed by atoms with Gasteiger partial charge in [-0.05, 0) is 26.6 Å². The van der Waals surface area contributed by atoms with Crippen molar-refractivity contribution in [1.82, 2.24) is 9.80 Å². The summed E-state index contributed by atoms with van der Waals surface area (Å²) in [6.07, 6.45) is 1.16. The highest BCUT2D eigenvalue weighted by molar-refractivity contribution is 5.69. The highest BCUT2D eigenvalue weighted by Crippen LogP contribution is 2.15. The van der Waals surface area contributed by atoms with Gasteiger partial charge in [-0.15, -0.1) is 0 Å². The molecule has 2 atom stereocenters. The first-order valence-electron chi connectivity index (χ1n) is 5.70. The van der Waals surface area contributed by atoms with E-state index in [2.05, 4.69) is 23.8 Å². The standard InChI is InChI=1S/C11H22N2O2/c1-4-13(7-9(2)11(14)15)10-5-6-12(3)8-10/h9-10H,4-8H2,1-3H3,(H,14,15). The van der Waals surface area contributed by atoms with Crippen LogP contribution in [-0.4, -0.2) is 60.1 Å². The lowest BCUT2D eigenvalue weighted by Gasteiger charge is -2.28. The Morgan fingerprint density at radius 1 is 1.67 bits per heavy atom. The molecule has 1 fully saturated rings. The summed E-state index contributed by atoms with van der Waals surface area (Å²) >= 11 is 0. The molecule has 0 radical (unpaired) electrons. The van der Waals surface area contributed by atoms with E-state index in [1.54, 1.807) is 6.92 Å². The molecule has 0 saturated carbocycles. The summed E-state index contributed by atoms with van der Waals surface area (Å²) < 4.78 is 0. The van der Waals surface area contributed by atoms with Gasteiger partial charge >= 0.3 is 5.97 Å². The minimum atomic E-state index is -0.695. The van der Waals surface area contributed by atoms with Crippen LogP contribution in [0.15, 0.2) is 0 Å². The van der Waals surface area contributed by atoms with Gasteiger partial charge in [0.25, 0.3) is 0 Å². The molecule has 15 heavy (non-hydrogen) atoms. The number of nitrogens with zero attached hydrogens (tertiary/aromatic N) is 2. The summed E-state index contributed by atoms with van der Waals surface area (Å²) in [5, 5.41) is 8.88. The van der Waals surface area contributed by atoms with Crippen LogP contribution >= 0.6 is 0 Å². The van der Waals surface area contributed by atoms with Crippen molar-refractivity contribution in [2.45, 2.75) is 26.3 Å². The van der Waals surface area contributed by atoms with E-state index in [9.17, 15) is 4.79 Å². The Morgan fingerprint density at radius 2 is 2.33 bits per heavy atom. The van der Waals surface area contributed by atoms with Gasteiger partial charge in [-0.1, -0.05) is 13.8 Å². The van der Waals surface area contributed by atoms with Gasteiger partial charge < -0.3 is 10.0 Å². The minimum absolute atomic E-state index is 0.268.